The number of amides is 1. The molecule has 64 heavy (non-hydrogen) atoms. The minimum Gasteiger partial charge on any atom is -0.392 e. The molecule has 0 spiro atoms. The fourth-order valence-electron chi connectivity index (χ4n) is 8.33. The van der Waals surface area contributed by atoms with Crippen molar-refractivity contribution in [2.45, 2.75) is 75.3 Å². The summed E-state index contributed by atoms with van der Waals surface area (Å²) in [6, 6.07) is 54.1. The summed E-state index contributed by atoms with van der Waals surface area (Å²) in [6.07, 6.45) is -0.135. The zero-order chi connectivity index (χ0) is 44.6. The summed E-state index contributed by atoms with van der Waals surface area (Å²) in [6.45, 7) is 4.97. The smallest absolute Gasteiger partial charge is 0.241 e. The van der Waals surface area contributed by atoms with E-state index in [0.717, 1.165) is 44.5 Å². The standard InChI is InChI=1S/C54H55N3O6S/c1-37-17-29-49(30-18-37)64(60,61)56-51(31-39-11-5-4-6-12-39)53(59)55-34-47-15-9-10-16-50(47)42-24-26-44(27-25-42)54-62-48(33-52(63-54)43-21-19-40(36-58)20-22-43)35-57(3)38(2)45-28-23-41-13-7-8-14-46(41)32-45/h4-30,32,38,48,51-52,54,56,58H,31,33-36H2,1-3H3,(H,55,59). The topological polar surface area (TPSA) is 117 Å². The van der Waals surface area contributed by atoms with Crippen LogP contribution in [0.5, 0.6) is 0 Å². The average molecular weight is 874 g/mol. The molecule has 7 aromatic carbocycles. The highest BCUT2D eigenvalue weighted by Crippen LogP contribution is 2.39. The first-order valence-electron chi connectivity index (χ1n) is 21.8. The second-order valence-corrected chi connectivity index (χ2v) is 18.5. The number of aryl methyl sites for hydroxylation is 1. The summed E-state index contributed by atoms with van der Waals surface area (Å²) in [5, 5.41) is 15.2. The van der Waals surface area contributed by atoms with Crippen molar-refractivity contribution >= 4 is 26.7 Å². The molecule has 5 atom stereocenters. The van der Waals surface area contributed by atoms with Gasteiger partial charge in [0.25, 0.3) is 0 Å². The minimum absolute atomic E-state index is 0.0235. The normalized spacial score (nSPS) is 17.5. The number of carbonyl (C=O) groups is 1. The Morgan fingerprint density at radius 1 is 0.750 bits per heavy atom. The van der Waals surface area contributed by atoms with E-state index < -0.39 is 28.3 Å². The number of rotatable bonds is 16. The lowest BCUT2D eigenvalue weighted by Crippen LogP contribution is -2.47. The molecule has 5 unspecified atom stereocenters. The summed E-state index contributed by atoms with van der Waals surface area (Å²) >= 11 is 0. The highest BCUT2D eigenvalue weighted by Gasteiger charge is 2.34. The van der Waals surface area contributed by atoms with E-state index in [1.807, 2.05) is 110 Å². The van der Waals surface area contributed by atoms with E-state index in [1.165, 1.54) is 16.3 Å². The molecule has 0 radical (unpaired) electrons. The fourth-order valence-corrected chi connectivity index (χ4v) is 9.52. The van der Waals surface area contributed by atoms with Crippen LogP contribution in [-0.2, 0) is 43.9 Å². The maximum atomic E-state index is 13.9. The molecular weight excluding hydrogens is 819 g/mol. The molecule has 8 rings (SSSR count). The zero-order valence-corrected chi connectivity index (χ0v) is 37.2. The van der Waals surface area contributed by atoms with Gasteiger partial charge in [-0.3, -0.25) is 9.69 Å². The third-order valence-corrected chi connectivity index (χ3v) is 13.7. The van der Waals surface area contributed by atoms with Gasteiger partial charge in [-0.2, -0.15) is 4.72 Å². The van der Waals surface area contributed by atoms with Gasteiger partial charge in [-0.05, 0) is 95.2 Å². The Bertz CT molecular complexity index is 2760. The number of hydrogen-bond donors (Lipinski definition) is 3. The van der Waals surface area contributed by atoms with E-state index in [1.54, 1.807) is 24.3 Å². The number of aliphatic hydroxyl groups is 1. The van der Waals surface area contributed by atoms with E-state index >= 15 is 0 Å². The van der Waals surface area contributed by atoms with Crippen LogP contribution in [0.4, 0.5) is 0 Å². The number of ether oxygens (including phenoxy) is 2. The molecule has 1 fully saturated rings. The van der Waals surface area contributed by atoms with Gasteiger partial charge in [0.1, 0.15) is 6.04 Å². The van der Waals surface area contributed by atoms with Crippen LogP contribution in [0, 0.1) is 6.92 Å². The van der Waals surface area contributed by atoms with Gasteiger partial charge in [0.2, 0.25) is 15.9 Å². The summed E-state index contributed by atoms with van der Waals surface area (Å²) in [7, 11) is -1.85. The molecule has 10 heteroatoms. The lowest BCUT2D eigenvalue weighted by Gasteiger charge is -2.39. The predicted molar refractivity (Wildman–Crippen MR) is 253 cm³/mol. The molecule has 328 valence electrons. The first-order chi connectivity index (χ1) is 31.0. The molecule has 9 nitrogen and oxygen atoms in total. The highest BCUT2D eigenvalue weighted by atomic mass is 32.2. The van der Waals surface area contributed by atoms with Gasteiger partial charge in [0, 0.05) is 31.1 Å². The molecule has 0 aliphatic carbocycles. The highest BCUT2D eigenvalue weighted by molar-refractivity contribution is 7.89. The van der Waals surface area contributed by atoms with E-state index in [-0.39, 0.29) is 42.7 Å². The Morgan fingerprint density at radius 3 is 2.16 bits per heavy atom. The Labute approximate surface area is 376 Å². The molecule has 7 aromatic rings. The van der Waals surface area contributed by atoms with Crippen LogP contribution in [0.1, 0.15) is 70.7 Å². The van der Waals surface area contributed by atoms with Gasteiger partial charge in [0.05, 0.1) is 23.7 Å². The Hall–Kier alpha value is -5.98. The van der Waals surface area contributed by atoms with Crippen molar-refractivity contribution < 1.29 is 27.8 Å². The van der Waals surface area contributed by atoms with Crippen LogP contribution >= 0.6 is 0 Å². The van der Waals surface area contributed by atoms with Crippen molar-refractivity contribution in [3.05, 3.63) is 209 Å². The molecule has 1 aliphatic rings. The SMILES string of the molecule is Cc1ccc(S(=O)(=O)NC(Cc2ccccc2)C(=O)NCc2ccccc2-c2ccc(C3OC(CN(C)C(C)c4ccc5ccccc5c4)CC(c4ccc(CO)cc4)O3)cc2)cc1. The van der Waals surface area contributed by atoms with Gasteiger partial charge in [-0.25, -0.2) is 8.42 Å². The fraction of sp³-hybridized carbons (Fsp3) is 0.241. The van der Waals surface area contributed by atoms with E-state index in [9.17, 15) is 18.3 Å². The maximum Gasteiger partial charge on any atom is 0.241 e. The number of aliphatic hydroxyl groups excluding tert-OH is 1. The van der Waals surface area contributed by atoms with Crippen molar-refractivity contribution in [1.82, 2.24) is 14.9 Å². The molecule has 1 heterocycles. The van der Waals surface area contributed by atoms with Gasteiger partial charge in [-0.1, -0.05) is 157 Å². The molecule has 1 saturated heterocycles. The van der Waals surface area contributed by atoms with Crippen LogP contribution in [0.2, 0.25) is 0 Å². The quantitative estimate of drug-likeness (QED) is 0.0886. The molecule has 0 saturated carbocycles. The molecule has 0 bridgehead atoms. The third kappa shape index (κ3) is 10.8. The number of nitrogens with one attached hydrogen (secondary N) is 2. The number of nitrogens with zero attached hydrogens (tertiary/aromatic N) is 1. The number of likely N-dealkylation sites (N-methyl/N-ethyl adjacent to an activating group) is 1. The van der Waals surface area contributed by atoms with Gasteiger partial charge >= 0.3 is 0 Å². The number of hydrogen-bond acceptors (Lipinski definition) is 7. The van der Waals surface area contributed by atoms with Crippen molar-refractivity contribution in [2.75, 3.05) is 13.6 Å². The zero-order valence-electron chi connectivity index (χ0n) is 36.4. The third-order valence-electron chi connectivity index (χ3n) is 12.2. The van der Waals surface area contributed by atoms with E-state index in [0.29, 0.717) is 13.0 Å². The van der Waals surface area contributed by atoms with Crippen LogP contribution < -0.4 is 10.0 Å². The maximum absolute atomic E-state index is 13.9. The largest absolute Gasteiger partial charge is 0.392 e. The minimum atomic E-state index is -3.99. The summed E-state index contributed by atoms with van der Waals surface area (Å²) in [4.78, 5) is 16.3. The summed E-state index contributed by atoms with van der Waals surface area (Å²) in [5.74, 6) is -0.427. The van der Waals surface area contributed by atoms with Crippen molar-refractivity contribution in [2.24, 2.45) is 0 Å². The average Bonchev–Trinajstić information content (AvgIpc) is 3.33. The summed E-state index contributed by atoms with van der Waals surface area (Å²) in [5.41, 5.74) is 8.53. The Kier molecular flexibility index (Phi) is 14.1. The summed E-state index contributed by atoms with van der Waals surface area (Å²) < 4.78 is 43.1. The second kappa shape index (κ2) is 20.2. The Morgan fingerprint density at radius 2 is 1.42 bits per heavy atom. The number of sulfonamides is 1. The molecule has 1 aliphatic heterocycles. The van der Waals surface area contributed by atoms with E-state index in [2.05, 4.69) is 71.4 Å². The van der Waals surface area contributed by atoms with Crippen LogP contribution in [-0.4, -0.2) is 50.1 Å². The van der Waals surface area contributed by atoms with Crippen molar-refractivity contribution in [3.63, 3.8) is 0 Å². The monoisotopic (exact) mass is 873 g/mol. The molecule has 0 aromatic heterocycles. The molecular formula is C54H55N3O6S. The van der Waals surface area contributed by atoms with Crippen LogP contribution in [0.3, 0.4) is 0 Å². The Balaban J connectivity index is 0.983. The lowest BCUT2D eigenvalue weighted by molar-refractivity contribution is -0.253. The second-order valence-electron chi connectivity index (χ2n) is 16.7. The van der Waals surface area contributed by atoms with Gasteiger partial charge in [-0.15, -0.1) is 0 Å². The van der Waals surface area contributed by atoms with Crippen LogP contribution in [0.25, 0.3) is 21.9 Å². The molecule has 3 N–H and O–H groups in total. The van der Waals surface area contributed by atoms with Gasteiger partial charge < -0.3 is 19.9 Å². The van der Waals surface area contributed by atoms with Crippen molar-refractivity contribution in [3.8, 4) is 11.1 Å². The van der Waals surface area contributed by atoms with Crippen LogP contribution in [0.15, 0.2) is 175 Å². The van der Waals surface area contributed by atoms with Crippen molar-refractivity contribution in [1.29, 1.82) is 0 Å². The predicted octanol–water partition coefficient (Wildman–Crippen LogP) is 9.75. The van der Waals surface area contributed by atoms with E-state index in [4.69, 9.17) is 9.47 Å². The first-order valence-corrected chi connectivity index (χ1v) is 23.3. The first kappa shape index (κ1) is 44.6. The lowest BCUT2D eigenvalue weighted by atomic mass is 9.97. The number of fused-ring (bicyclic) bond motifs is 1. The van der Waals surface area contributed by atoms with Gasteiger partial charge in [0.15, 0.2) is 6.29 Å². The number of carbonyl (C=O) groups excluding carboxylic acids is 1. The number of benzene rings is 7. The molecule has 1 amide bonds.